The van der Waals surface area contributed by atoms with Gasteiger partial charge in [-0.1, -0.05) is 6.42 Å². The van der Waals surface area contributed by atoms with Gasteiger partial charge in [0.05, 0.1) is 6.61 Å². The molecular weight excluding hydrogens is 254 g/mol. The summed E-state index contributed by atoms with van der Waals surface area (Å²) in [5, 5.41) is 3.07. The van der Waals surface area contributed by atoms with Crippen LogP contribution in [0.25, 0.3) is 0 Å². The molecule has 1 amide bonds. The van der Waals surface area contributed by atoms with Gasteiger partial charge < -0.3 is 14.6 Å². The summed E-state index contributed by atoms with van der Waals surface area (Å²) in [4.78, 5) is 16.3. The first-order chi connectivity index (χ1) is 9.56. The van der Waals surface area contributed by atoms with Crippen molar-refractivity contribution in [3.05, 3.63) is 18.2 Å². The lowest BCUT2D eigenvalue weighted by Crippen LogP contribution is -2.45. The summed E-state index contributed by atoms with van der Waals surface area (Å²) in [7, 11) is 1.73. The molecule has 0 radical (unpaired) electrons. The Morgan fingerprint density at radius 2 is 2.35 bits per heavy atom. The van der Waals surface area contributed by atoms with Gasteiger partial charge in [0.15, 0.2) is 0 Å². The van der Waals surface area contributed by atoms with E-state index in [4.69, 9.17) is 4.74 Å². The number of carbonyl (C=O) groups excluding carboxylic acids is 1. The van der Waals surface area contributed by atoms with Crippen LogP contribution in [0, 0.1) is 12.3 Å². The molecule has 1 aliphatic rings. The zero-order valence-electron chi connectivity index (χ0n) is 12.7. The summed E-state index contributed by atoms with van der Waals surface area (Å²) in [6.45, 7) is 5.47. The number of hydrogen-bond donors (Lipinski definition) is 1. The molecule has 0 saturated heterocycles. The molecule has 0 bridgehead atoms. The number of nitrogens with one attached hydrogen (secondary N) is 1. The van der Waals surface area contributed by atoms with Crippen LogP contribution in [0.4, 0.5) is 0 Å². The lowest BCUT2D eigenvalue weighted by Gasteiger charge is -2.41. The summed E-state index contributed by atoms with van der Waals surface area (Å²) in [5.74, 6) is 1.05. The highest BCUT2D eigenvalue weighted by molar-refractivity contribution is 5.76. The third kappa shape index (κ3) is 3.39. The second-order valence-corrected chi connectivity index (χ2v) is 6.00. The standard InChI is InChI=1S/C15H25N3O2/c1-12(18-8-7-16-13(18)2)9-14(19)17-10-15(11-20-3)5-4-6-15/h7-8,12H,4-6,9-11H2,1-3H3,(H,17,19)/t12-/m0/s1. The predicted molar refractivity (Wildman–Crippen MR) is 77.5 cm³/mol. The molecule has 0 spiro atoms. The number of amides is 1. The van der Waals surface area contributed by atoms with Crippen molar-refractivity contribution in [2.24, 2.45) is 5.41 Å². The van der Waals surface area contributed by atoms with Crippen molar-refractivity contribution in [2.45, 2.75) is 45.6 Å². The maximum absolute atomic E-state index is 12.1. The van der Waals surface area contributed by atoms with Gasteiger partial charge in [0.1, 0.15) is 5.82 Å². The van der Waals surface area contributed by atoms with E-state index in [-0.39, 0.29) is 17.4 Å². The van der Waals surface area contributed by atoms with Gasteiger partial charge in [-0.15, -0.1) is 0 Å². The van der Waals surface area contributed by atoms with E-state index >= 15 is 0 Å². The van der Waals surface area contributed by atoms with Crippen LogP contribution in [0.2, 0.25) is 0 Å². The van der Waals surface area contributed by atoms with E-state index in [0.29, 0.717) is 6.42 Å². The smallest absolute Gasteiger partial charge is 0.222 e. The minimum atomic E-state index is 0.105. The van der Waals surface area contributed by atoms with Gasteiger partial charge in [0.25, 0.3) is 0 Å². The molecule has 1 aromatic heterocycles. The molecule has 2 rings (SSSR count). The van der Waals surface area contributed by atoms with Crippen molar-refractivity contribution >= 4 is 5.91 Å². The SMILES string of the molecule is COCC1(CNC(=O)C[C@H](C)n2ccnc2C)CCC1. The van der Waals surface area contributed by atoms with Gasteiger partial charge in [0.2, 0.25) is 5.91 Å². The summed E-state index contributed by atoms with van der Waals surface area (Å²) < 4.78 is 7.31. The summed E-state index contributed by atoms with van der Waals surface area (Å²) in [5.41, 5.74) is 0.179. The molecule has 0 aliphatic heterocycles. The number of imidazole rings is 1. The second-order valence-electron chi connectivity index (χ2n) is 6.00. The number of rotatable bonds is 7. The Balaban J connectivity index is 1.79. The minimum absolute atomic E-state index is 0.105. The average molecular weight is 279 g/mol. The second kappa shape index (κ2) is 6.39. The van der Waals surface area contributed by atoms with Crippen LogP contribution in [0.5, 0.6) is 0 Å². The molecule has 0 unspecified atom stereocenters. The Morgan fingerprint density at radius 1 is 1.60 bits per heavy atom. The molecule has 1 N–H and O–H groups in total. The van der Waals surface area contributed by atoms with Crippen LogP contribution in [0.3, 0.4) is 0 Å². The van der Waals surface area contributed by atoms with E-state index in [1.165, 1.54) is 6.42 Å². The van der Waals surface area contributed by atoms with Crippen LogP contribution in [0.15, 0.2) is 12.4 Å². The van der Waals surface area contributed by atoms with Crippen molar-refractivity contribution in [1.82, 2.24) is 14.9 Å². The van der Waals surface area contributed by atoms with Gasteiger partial charge in [-0.05, 0) is 26.7 Å². The molecule has 1 aliphatic carbocycles. The normalized spacial score (nSPS) is 18.4. The van der Waals surface area contributed by atoms with Crippen LogP contribution in [-0.2, 0) is 9.53 Å². The molecule has 0 aromatic carbocycles. The Bertz CT molecular complexity index is 452. The first-order valence-corrected chi connectivity index (χ1v) is 7.31. The molecule has 1 saturated carbocycles. The minimum Gasteiger partial charge on any atom is -0.384 e. The predicted octanol–water partition coefficient (Wildman–Crippen LogP) is 2.08. The highest BCUT2D eigenvalue weighted by atomic mass is 16.5. The maximum Gasteiger partial charge on any atom is 0.222 e. The summed E-state index contributed by atoms with van der Waals surface area (Å²) >= 11 is 0. The van der Waals surface area contributed by atoms with Crippen molar-refractivity contribution in [3.8, 4) is 0 Å². The van der Waals surface area contributed by atoms with Crippen LogP contribution >= 0.6 is 0 Å². The number of aryl methyl sites for hydroxylation is 1. The van der Waals surface area contributed by atoms with E-state index in [1.54, 1.807) is 13.3 Å². The lowest BCUT2D eigenvalue weighted by atomic mass is 9.69. The number of aromatic nitrogens is 2. The van der Waals surface area contributed by atoms with E-state index in [1.807, 2.05) is 24.6 Å². The number of methoxy groups -OCH3 is 1. The first kappa shape index (κ1) is 15.0. The van der Waals surface area contributed by atoms with E-state index in [2.05, 4.69) is 10.3 Å². The third-order valence-corrected chi connectivity index (χ3v) is 4.34. The topological polar surface area (TPSA) is 56.1 Å². The number of carbonyl (C=O) groups is 1. The van der Waals surface area contributed by atoms with Gasteiger partial charge >= 0.3 is 0 Å². The molecule has 1 atom stereocenters. The third-order valence-electron chi connectivity index (χ3n) is 4.34. The van der Waals surface area contributed by atoms with E-state index in [0.717, 1.165) is 31.8 Å². The zero-order chi connectivity index (χ0) is 14.6. The lowest BCUT2D eigenvalue weighted by molar-refractivity contribution is -0.123. The molecule has 112 valence electrons. The maximum atomic E-state index is 12.1. The van der Waals surface area contributed by atoms with E-state index < -0.39 is 0 Å². The summed E-state index contributed by atoms with van der Waals surface area (Å²) in [6, 6.07) is 0.136. The molecule has 5 nitrogen and oxygen atoms in total. The molecular formula is C15H25N3O2. The quantitative estimate of drug-likeness (QED) is 0.831. The highest BCUT2D eigenvalue weighted by Crippen LogP contribution is 2.40. The number of hydrogen-bond acceptors (Lipinski definition) is 3. The highest BCUT2D eigenvalue weighted by Gasteiger charge is 2.37. The first-order valence-electron chi connectivity index (χ1n) is 7.31. The van der Waals surface area contributed by atoms with Crippen molar-refractivity contribution < 1.29 is 9.53 Å². The molecule has 1 heterocycles. The Hall–Kier alpha value is -1.36. The van der Waals surface area contributed by atoms with Gasteiger partial charge in [-0.3, -0.25) is 4.79 Å². The fourth-order valence-electron chi connectivity index (χ4n) is 2.93. The largest absolute Gasteiger partial charge is 0.384 e. The van der Waals surface area contributed by atoms with Crippen LogP contribution in [-0.4, -0.2) is 35.7 Å². The molecule has 1 aromatic rings. The van der Waals surface area contributed by atoms with Crippen molar-refractivity contribution in [1.29, 1.82) is 0 Å². The average Bonchev–Trinajstić information content (AvgIpc) is 2.78. The van der Waals surface area contributed by atoms with Gasteiger partial charge in [0, 0.05) is 43.9 Å². The molecule has 20 heavy (non-hydrogen) atoms. The van der Waals surface area contributed by atoms with Gasteiger partial charge in [-0.2, -0.15) is 0 Å². The van der Waals surface area contributed by atoms with Crippen LogP contribution < -0.4 is 5.32 Å². The monoisotopic (exact) mass is 279 g/mol. The molecule has 5 heteroatoms. The Morgan fingerprint density at radius 3 is 2.85 bits per heavy atom. The Labute approximate surface area is 120 Å². The fourth-order valence-corrected chi connectivity index (χ4v) is 2.93. The van der Waals surface area contributed by atoms with Crippen LogP contribution in [0.1, 0.15) is 44.5 Å². The number of ether oxygens (including phenoxy) is 1. The molecule has 1 fully saturated rings. The van der Waals surface area contributed by atoms with Crippen molar-refractivity contribution in [2.75, 3.05) is 20.3 Å². The number of nitrogens with zero attached hydrogens (tertiary/aromatic N) is 2. The Kier molecular flexibility index (Phi) is 4.81. The fraction of sp³-hybridized carbons (Fsp3) is 0.733. The zero-order valence-corrected chi connectivity index (χ0v) is 12.7. The van der Waals surface area contributed by atoms with Gasteiger partial charge in [-0.25, -0.2) is 4.98 Å². The van der Waals surface area contributed by atoms with E-state index in [9.17, 15) is 4.79 Å². The summed E-state index contributed by atoms with van der Waals surface area (Å²) in [6.07, 6.45) is 7.72. The van der Waals surface area contributed by atoms with Crippen molar-refractivity contribution in [3.63, 3.8) is 0 Å².